The largest absolute Gasteiger partial charge is 0.310 e. The highest BCUT2D eigenvalue weighted by Gasteiger charge is 2.08. The molecule has 0 bridgehead atoms. The Balaban J connectivity index is 2.28. The van der Waals surface area contributed by atoms with Gasteiger partial charge in [-0.05, 0) is 37.6 Å². The van der Waals surface area contributed by atoms with Gasteiger partial charge in [0.2, 0.25) is 0 Å². The number of hydrogen-bond donors (Lipinski definition) is 1. The molecule has 0 saturated carbocycles. The summed E-state index contributed by atoms with van der Waals surface area (Å²) in [6.45, 7) is 4.45. The third-order valence-corrected chi connectivity index (χ3v) is 4.52. The number of rotatable bonds is 7. The Morgan fingerprint density at radius 2 is 2.00 bits per heavy atom. The van der Waals surface area contributed by atoms with Crippen molar-refractivity contribution in [2.45, 2.75) is 26.3 Å². The number of aromatic nitrogens is 1. The lowest BCUT2D eigenvalue weighted by Gasteiger charge is -2.13. The molecule has 5 heteroatoms. The SMILES string of the molecule is CCS(=O)(=O)CCCN[C@@H](C)c1ccncc1. The van der Waals surface area contributed by atoms with Crippen molar-refractivity contribution in [1.82, 2.24) is 10.3 Å². The molecular weight excluding hydrogens is 236 g/mol. The molecule has 0 saturated heterocycles. The molecule has 0 aliphatic heterocycles. The fraction of sp³-hybridized carbons (Fsp3) is 0.583. The molecule has 1 heterocycles. The zero-order valence-electron chi connectivity index (χ0n) is 10.4. The quantitative estimate of drug-likeness (QED) is 0.752. The van der Waals surface area contributed by atoms with E-state index in [4.69, 9.17) is 0 Å². The highest BCUT2D eigenvalue weighted by molar-refractivity contribution is 7.91. The average Bonchev–Trinajstić information content (AvgIpc) is 2.35. The van der Waals surface area contributed by atoms with E-state index < -0.39 is 9.84 Å². The fourth-order valence-electron chi connectivity index (χ4n) is 1.52. The molecule has 1 rings (SSSR count). The number of hydrogen-bond acceptors (Lipinski definition) is 4. The molecule has 96 valence electrons. The molecule has 0 radical (unpaired) electrons. The van der Waals surface area contributed by atoms with Gasteiger partial charge in [-0.15, -0.1) is 0 Å². The van der Waals surface area contributed by atoms with Gasteiger partial charge in [0, 0.05) is 24.2 Å². The number of nitrogens with one attached hydrogen (secondary N) is 1. The summed E-state index contributed by atoms with van der Waals surface area (Å²) in [5, 5.41) is 3.30. The van der Waals surface area contributed by atoms with Gasteiger partial charge in [0.15, 0.2) is 0 Å². The van der Waals surface area contributed by atoms with Crippen LogP contribution < -0.4 is 5.32 Å². The van der Waals surface area contributed by atoms with Crippen molar-refractivity contribution >= 4 is 9.84 Å². The molecule has 0 unspecified atom stereocenters. The van der Waals surface area contributed by atoms with Gasteiger partial charge in [0.1, 0.15) is 9.84 Å². The Kier molecular flexibility index (Phi) is 5.58. The van der Waals surface area contributed by atoms with Crippen LogP contribution in [0.25, 0.3) is 0 Å². The van der Waals surface area contributed by atoms with Crippen molar-refractivity contribution < 1.29 is 8.42 Å². The summed E-state index contributed by atoms with van der Waals surface area (Å²) in [6.07, 6.45) is 4.18. The minimum absolute atomic E-state index is 0.224. The standard InChI is InChI=1S/C12H20N2O2S/c1-3-17(15,16)10-4-7-14-11(2)12-5-8-13-9-6-12/h5-6,8-9,11,14H,3-4,7,10H2,1-2H3/t11-/m0/s1. The van der Waals surface area contributed by atoms with Gasteiger partial charge >= 0.3 is 0 Å². The van der Waals surface area contributed by atoms with Crippen molar-refractivity contribution in [3.63, 3.8) is 0 Å². The summed E-state index contributed by atoms with van der Waals surface area (Å²) in [7, 11) is -2.83. The predicted octanol–water partition coefficient (Wildman–Crippen LogP) is 1.56. The Labute approximate surface area is 103 Å². The molecule has 0 aliphatic carbocycles. The molecule has 1 N–H and O–H groups in total. The van der Waals surface area contributed by atoms with Gasteiger partial charge in [-0.25, -0.2) is 8.42 Å². The van der Waals surface area contributed by atoms with E-state index >= 15 is 0 Å². The van der Waals surface area contributed by atoms with Gasteiger partial charge in [0.25, 0.3) is 0 Å². The first kappa shape index (κ1) is 14.1. The van der Waals surface area contributed by atoms with Crippen LogP contribution in [0.5, 0.6) is 0 Å². The monoisotopic (exact) mass is 256 g/mol. The van der Waals surface area contributed by atoms with E-state index in [1.54, 1.807) is 19.3 Å². The maximum atomic E-state index is 11.3. The third kappa shape index (κ3) is 5.28. The van der Waals surface area contributed by atoms with E-state index in [1.165, 1.54) is 5.56 Å². The first-order valence-electron chi connectivity index (χ1n) is 5.89. The first-order valence-corrected chi connectivity index (χ1v) is 7.71. The van der Waals surface area contributed by atoms with Crippen molar-refractivity contribution in [3.8, 4) is 0 Å². The van der Waals surface area contributed by atoms with Crippen molar-refractivity contribution in [3.05, 3.63) is 30.1 Å². The Bertz CT molecular complexity index is 417. The van der Waals surface area contributed by atoms with E-state index in [-0.39, 0.29) is 17.5 Å². The summed E-state index contributed by atoms with van der Waals surface area (Å²) < 4.78 is 22.6. The van der Waals surface area contributed by atoms with Gasteiger partial charge in [-0.1, -0.05) is 6.92 Å². The topological polar surface area (TPSA) is 59.1 Å². The molecule has 0 aromatic carbocycles. The van der Waals surface area contributed by atoms with Gasteiger partial charge in [-0.3, -0.25) is 4.98 Å². The van der Waals surface area contributed by atoms with Crippen LogP contribution in [0.4, 0.5) is 0 Å². The lowest BCUT2D eigenvalue weighted by atomic mass is 10.1. The molecule has 0 spiro atoms. The highest BCUT2D eigenvalue weighted by atomic mass is 32.2. The molecule has 17 heavy (non-hydrogen) atoms. The molecule has 0 fully saturated rings. The van der Waals surface area contributed by atoms with Crippen LogP contribution in [0, 0.1) is 0 Å². The number of nitrogens with zero attached hydrogens (tertiary/aromatic N) is 1. The van der Waals surface area contributed by atoms with Crippen molar-refractivity contribution in [1.29, 1.82) is 0 Å². The smallest absolute Gasteiger partial charge is 0.150 e. The Morgan fingerprint density at radius 1 is 1.35 bits per heavy atom. The number of pyridine rings is 1. The van der Waals surface area contributed by atoms with E-state index in [2.05, 4.69) is 17.2 Å². The predicted molar refractivity (Wildman–Crippen MR) is 69.6 cm³/mol. The van der Waals surface area contributed by atoms with E-state index in [0.717, 1.165) is 0 Å². The van der Waals surface area contributed by atoms with Gasteiger partial charge in [0.05, 0.1) is 5.75 Å². The average molecular weight is 256 g/mol. The van der Waals surface area contributed by atoms with E-state index in [0.29, 0.717) is 13.0 Å². The third-order valence-electron chi connectivity index (χ3n) is 2.73. The molecule has 4 nitrogen and oxygen atoms in total. The fourth-order valence-corrected chi connectivity index (χ4v) is 2.40. The summed E-state index contributed by atoms with van der Waals surface area (Å²) in [5.41, 5.74) is 1.17. The lowest BCUT2D eigenvalue weighted by Crippen LogP contribution is -2.22. The van der Waals surface area contributed by atoms with Crippen LogP contribution in [-0.2, 0) is 9.84 Å². The van der Waals surface area contributed by atoms with Crippen LogP contribution in [0.3, 0.4) is 0 Å². The molecule has 0 amide bonds. The van der Waals surface area contributed by atoms with Crippen LogP contribution in [0.1, 0.15) is 31.9 Å². The Morgan fingerprint density at radius 3 is 2.59 bits per heavy atom. The Hall–Kier alpha value is -0.940. The van der Waals surface area contributed by atoms with Crippen molar-refractivity contribution in [2.24, 2.45) is 0 Å². The van der Waals surface area contributed by atoms with Crippen LogP contribution in [-0.4, -0.2) is 31.5 Å². The van der Waals surface area contributed by atoms with Crippen molar-refractivity contribution in [2.75, 3.05) is 18.1 Å². The molecule has 1 atom stereocenters. The second-order valence-corrected chi connectivity index (χ2v) is 6.52. The second-order valence-electron chi connectivity index (χ2n) is 4.05. The molecule has 0 aliphatic rings. The van der Waals surface area contributed by atoms with E-state index in [1.807, 2.05) is 12.1 Å². The maximum Gasteiger partial charge on any atom is 0.150 e. The summed E-state index contributed by atoms with van der Waals surface area (Å²) in [6, 6.07) is 4.14. The van der Waals surface area contributed by atoms with Crippen LogP contribution >= 0.6 is 0 Å². The highest BCUT2D eigenvalue weighted by Crippen LogP contribution is 2.09. The molecule has 1 aromatic heterocycles. The van der Waals surface area contributed by atoms with Crippen LogP contribution in [0.2, 0.25) is 0 Å². The second kappa shape index (κ2) is 6.71. The minimum atomic E-state index is -2.83. The maximum absolute atomic E-state index is 11.3. The number of sulfone groups is 1. The van der Waals surface area contributed by atoms with Gasteiger partial charge < -0.3 is 5.32 Å². The zero-order valence-corrected chi connectivity index (χ0v) is 11.2. The summed E-state index contributed by atoms with van der Waals surface area (Å²) in [4.78, 5) is 3.96. The van der Waals surface area contributed by atoms with Crippen LogP contribution in [0.15, 0.2) is 24.5 Å². The molecular formula is C12H20N2O2S. The summed E-state index contributed by atoms with van der Waals surface area (Å²) in [5.74, 6) is 0.493. The zero-order chi connectivity index (χ0) is 12.7. The summed E-state index contributed by atoms with van der Waals surface area (Å²) >= 11 is 0. The first-order chi connectivity index (χ1) is 8.05. The molecule has 1 aromatic rings. The normalized spacial score (nSPS) is 13.5. The van der Waals surface area contributed by atoms with Gasteiger partial charge in [-0.2, -0.15) is 0 Å². The lowest BCUT2D eigenvalue weighted by molar-refractivity contribution is 0.560. The van der Waals surface area contributed by atoms with E-state index in [9.17, 15) is 8.42 Å². The minimum Gasteiger partial charge on any atom is -0.310 e.